The molecule has 0 heterocycles. The third-order valence-corrected chi connectivity index (χ3v) is 2.30. The van der Waals surface area contributed by atoms with Crippen molar-refractivity contribution in [2.75, 3.05) is 18.6 Å². The summed E-state index contributed by atoms with van der Waals surface area (Å²) in [7, 11) is -3.19. The lowest BCUT2D eigenvalue weighted by atomic mass is 10.4. The molecule has 7 nitrogen and oxygen atoms in total. The highest BCUT2D eigenvalue weighted by Crippen LogP contribution is 1.87. The Kier molecular flexibility index (Phi) is 5.06. The van der Waals surface area contributed by atoms with Crippen LogP contribution in [-0.4, -0.2) is 50.2 Å². The number of carbonyl (C=O) groups excluding carboxylic acids is 1. The lowest BCUT2D eigenvalue weighted by Gasteiger charge is -2.09. The van der Waals surface area contributed by atoms with Crippen LogP contribution in [0.4, 0.5) is 4.79 Å². The van der Waals surface area contributed by atoms with Crippen LogP contribution in [0.2, 0.25) is 0 Å². The first-order chi connectivity index (χ1) is 6.72. The number of sulfone groups is 1. The molecular weight excluding hydrogens is 226 g/mol. The molecule has 0 aromatic rings. The summed E-state index contributed by atoms with van der Waals surface area (Å²) in [6, 6.07) is -1.07. The summed E-state index contributed by atoms with van der Waals surface area (Å²) in [5, 5.41) is 10.4. The summed E-state index contributed by atoms with van der Waals surface area (Å²) in [5.41, 5.74) is 0. The molecule has 1 amide bonds. The van der Waals surface area contributed by atoms with E-state index < -0.39 is 27.9 Å². The molecule has 0 aromatic heterocycles. The van der Waals surface area contributed by atoms with Gasteiger partial charge in [0.2, 0.25) is 0 Å². The Hall–Kier alpha value is -1.31. The molecule has 2 N–H and O–H groups in total. The SMILES string of the molecule is C[C@H](NC(=O)OCCS(C)(=O)=O)C(=O)O. The molecule has 0 radical (unpaired) electrons. The highest BCUT2D eigenvalue weighted by Gasteiger charge is 2.14. The summed E-state index contributed by atoms with van der Waals surface area (Å²) in [6.45, 7) is 0.969. The summed E-state index contributed by atoms with van der Waals surface area (Å²) in [4.78, 5) is 21.2. The molecule has 0 spiro atoms. The predicted molar refractivity (Wildman–Crippen MR) is 51.3 cm³/mol. The molecule has 1 atom stereocenters. The maximum atomic E-state index is 10.9. The van der Waals surface area contributed by atoms with E-state index in [-0.39, 0.29) is 12.4 Å². The fraction of sp³-hybridized carbons (Fsp3) is 0.714. The van der Waals surface area contributed by atoms with E-state index >= 15 is 0 Å². The zero-order valence-corrected chi connectivity index (χ0v) is 9.20. The van der Waals surface area contributed by atoms with Crippen LogP contribution in [0.1, 0.15) is 6.92 Å². The van der Waals surface area contributed by atoms with Gasteiger partial charge in [-0.25, -0.2) is 13.2 Å². The Morgan fingerprint density at radius 1 is 1.47 bits per heavy atom. The number of rotatable bonds is 5. The largest absolute Gasteiger partial charge is 0.480 e. The van der Waals surface area contributed by atoms with Crippen LogP contribution in [0.5, 0.6) is 0 Å². The number of alkyl carbamates (subject to hydrolysis) is 1. The lowest BCUT2D eigenvalue weighted by Crippen LogP contribution is -2.39. The second kappa shape index (κ2) is 5.54. The molecular formula is C7H13NO6S. The minimum atomic E-state index is -3.19. The molecule has 0 aromatic carbocycles. The van der Waals surface area contributed by atoms with Crippen molar-refractivity contribution in [3.63, 3.8) is 0 Å². The number of carbonyl (C=O) groups is 2. The summed E-state index contributed by atoms with van der Waals surface area (Å²) >= 11 is 0. The van der Waals surface area contributed by atoms with Crippen LogP contribution < -0.4 is 5.32 Å². The number of ether oxygens (including phenoxy) is 1. The van der Waals surface area contributed by atoms with E-state index in [1.54, 1.807) is 0 Å². The van der Waals surface area contributed by atoms with Crippen LogP contribution in [-0.2, 0) is 19.4 Å². The summed E-state index contributed by atoms with van der Waals surface area (Å²) in [5.74, 6) is -1.49. The monoisotopic (exact) mass is 239 g/mol. The first kappa shape index (κ1) is 13.7. The number of nitrogens with one attached hydrogen (secondary N) is 1. The van der Waals surface area contributed by atoms with Crippen molar-refractivity contribution in [2.45, 2.75) is 13.0 Å². The van der Waals surface area contributed by atoms with Gasteiger partial charge in [-0.1, -0.05) is 0 Å². The predicted octanol–water partition coefficient (Wildman–Crippen LogP) is -0.770. The maximum absolute atomic E-state index is 10.9. The van der Waals surface area contributed by atoms with Gasteiger partial charge in [0, 0.05) is 6.26 Å². The fourth-order valence-electron chi connectivity index (χ4n) is 0.566. The van der Waals surface area contributed by atoms with E-state index in [1.807, 2.05) is 5.32 Å². The van der Waals surface area contributed by atoms with Crippen LogP contribution in [0.3, 0.4) is 0 Å². The molecule has 88 valence electrons. The molecule has 0 saturated carbocycles. The summed E-state index contributed by atoms with van der Waals surface area (Å²) in [6.07, 6.45) is 0.0577. The van der Waals surface area contributed by atoms with Crippen molar-refractivity contribution >= 4 is 21.9 Å². The van der Waals surface area contributed by atoms with Gasteiger partial charge in [-0.3, -0.25) is 4.79 Å². The molecule has 0 aliphatic heterocycles. The topological polar surface area (TPSA) is 110 Å². The van der Waals surface area contributed by atoms with Gasteiger partial charge in [0.1, 0.15) is 12.6 Å². The van der Waals surface area contributed by atoms with Crippen LogP contribution in [0.25, 0.3) is 0 Å². The van der Waals surface area contributed by atoms with Crippen molar-refractivity contribution in [2.24, 2.45) is 0 Å². The number of amides is 1. The Labute approximate surface area is 87.3 Å². The molecule has 0 saturated heterocycles. The molecule has 0 bridgehead atoms. The third kappa shape index (κ3) is 7.74. The van der Waals surface area contributed by atoms with Gasteiger partial charge in [0.05, 0.1) is 5.75 Å². The Morgan fingerprint density at radius 2 is 2.00 bits per heavy atom. The zero-order chi connectivity index (χ0) is 12.1. The second-order valence-corrected chi connectivity index (χ2v) is 5.23. The van der Waals surface area contributed by atoms with Gasteiger partial charge < -0.3 is 15.2 Å². The standard InChI is InChI=1S/C7H13NO6S/c1-5(6(9)10)8-7(11)14-3-4-15(2,12)13/h5H,3-4H2,1-2H3,(H,8,11)(H,9,10)/t5-/m0/s1. The third-order valence-electron chi connectivity index (χ3n) is 1.39. The Bertz CT molecular complexity index is 335. The highest BCUT2D eigenvalue weighted by atomic mass is 32.2. The van der Waals surface area contributed by atoms with E-state index in [0.29, 0.717) is 0 Å². The van der Waals surface area contributed by atoms with Gasteiger partial charge in [-0.15, -0.1) is 0 Å². The van der Waals surface area contributed by atoms with Gasteiger partial charge in [0.25, 0.3) is 0 Å². The van der Waals surface area contributed by atoms with Gasteiger partial charge in [-0.05, 0) is 6.92 Å². The number of hydrogen-bond acceptors (Lipinski definition) is 5. The molecule has 8 heteroatoms. The molecule has 0 aliphatic carbocycles. The van der Waals surface area contributed by atoms with E-state index in [9.17, 15) is 18.0 Å². The van der Waals surface area contributed by atoms with E-state index in [0.717, 1.165) is 6.26 Å². The summed E-state index contributed by atoms with van der Waals surface area (Å²) < 4.78 is 25.7. The Morgan fingerprint density at radius 3 is 2.40 bits per heavy atom. The quantitative estimate of drug-likeness (QED) is 0.652. The number of carboxylic acid groups (broad SMARTS) is 1. The van der Waals surface area contributed by atoms with Crippen LogP contribution in [0, 0.1) is 0 Å². The zero-order valence-electron chi connectivity index (χ0n) is 8.39. The van der Waals surface area contributed by atoms with Crippen LogP contribution in [0.15, 0.2) is 0 Å². The number of hydrogen-bond donors (Lipinski definition) is 2. The van der Waals surface area contributed by atoms with Crippen molar-refractivity contribution in [3.05, 3.63) is 0 Å². The van der Waals surface area contributed by atoms with Gasteiger partial charge in [0.15, 0.2) is 9.84 Å². The lowest BCUT2D eigenvalue weighted by molar-refractivity contribution is -0.138. The smallest absolute Gasteiger partial charge is 0.407 e. The van der Waals surface area contributed by atoms with Crippen molar-refractivity contribution in [3.8, 4) is 0 Å². The number of aliphatic carboxylic acids is 1. The molecule has 0 aliphatic rings. The number of carboxylic acids is 1. The first-order valence-corrected chi connectivity index (χ1v) is 6.12. The average molecular weight is 239 g/mol. The Balaban J connectivity index is 3.82. The minimum absolute atomic E-state index is 0.290. The van der Waals surface area contributed by atoms with Crippen LogP contribution >= 0.6 is 0 Å². The molecule has 15 heavy (non-hydrogen) atoms. The molecule has 0 rings (SSSR count). The van der Waals surface area contributed by atoms with E-state index in [4.69, 9.17) is 5.11 Å². The maximum Gasteiger partial charge on any atom is 0.407 e. The first-order valence-electron chi connectivity index (χ1n) is 4.06. The minimum Gasteiger partial charge on any atom is -0.480 e. The van der Waals surface area contributed by atoms with Crippen molar-refractivity contribution < 1.29 is 27.9 Å². The highest BCUT2D eigenvalue weighted by molar-refractivity contribution is 7.90. The van der Waals surface area contributed by atoms with E-state index in [2.05, 4.69) is 4.74 Å². The van der Waals surface area contributed by atoms with Crippen molar-refractivity contribution in [1.29, 1.82) is 0 Å². The molecule has 0 unspecified atom stereocenters. The second-order valence-electron chi connectivity index (χ2n) is 2.97. The normalized spacial score (nSPS) is 12.9. The molecule has 0 fully saturated rings. The average Bonchev–Trinajstić information content (AvgIpc) is 2.01. The van der Waals surface area contributed by atoms with Gasteiger partial charge >= 0.3 is 12.1 Å². The van der Waals surface area contributed by atoms with Gasteiger partial charge in [-0.2, -0.15) is 0 Å². The van der Waals surface area contributed by atoms with Crippen molar-refractivity contribution in [1.82, 2.24) is 5.32 Å². The fourth-order valence-corrected chi connectivity index (χ4v) is 0.952. The van der Waals surface area contributed by atoms with E-state index in [1.165, 1.54) is 6.92 Å².